The highest BCUT2D eigenvalue weighted by atomic mass is 16.3. The van der Waals surface area contributed by atoms with Gasteiger partial charge in [0.25, 0.3) is 0 Å². The lowest BCUT2D eigenvalue weighted by Crippen LogP contribution is -2.43. The van der Waals surface area contributed by atoms with E-state index in [9.17, 15) is 5.11 Å². The third kappa shape index (κ3) is 3.74. The highest BCUT2D eigenvalue weighted by molar-refractivity contribution is 4.85. The Morgan fingerprint density at radius 3 is 2.12 bits per heavy atom. The second kappa shape index (κ2) is 6.02. The van der Waals surface area contributed by atoms with Crippen molar-refractivity contribution in [2.75, 3.05) is 19.7 Å². The predicted octanol–water partition coefficient (Wildman–Crippen LogP) is 2.91. The van der Waals surface area contributed by atoms with Gasteiger partial charge in [-0.3, -0.25) is 0 Å². The molecule has 0 atom stereocenters. The van der Waals surface area contributed by atoms with E-state index in [2.05, 4.69) is 32.6 Å². The predicted molar refractivity (Wildman–Crippen MR) is 69.5 cm³/mol. The van der Waals surface area contributed by atoms with Gasteiger partial charge in [-0.25, -0.2) is 0 Å². The largest absolute Gasteiger partial charge is 0.396 e. The fourth-order valence-electron chi connectivity index (χ4n) is 2.27. The molecule has 0 amide bonds. The minimum absolute atomic E-state index is 0.124. The Balaban J connectivity index is 2.55. The van der Waals surface area contributed by atoms with E-state index in [0.717, 1.165) is 25.3 Å². The summed E-state index contributed by atoms with van der Waals surface area (Å²) in [5.41, 5.74) is 0.124. The third-order valence-electron chi connectivity index (χ3n) is 4.29. The van der Waals surface area contributed by atoms with Crippen molar-refractivity contribution in [3.05, 3.63) is 0 Å². The average molecular weight is 227 g/mol. The summed E-state index contributed by atoms with van der Waals surface area (Å²) >= 11 is 0. The molecule has 0 aromatic heterocycles. The summed E-state index contributed by atoms with van der Waals surface area (Å²) in [4.78, 5) is 2.57. The summed E-state index contributed by atoms with van der Waals surface area (Å²) in [5.74, 6) is 0.938. The number of aliphatic hydroxyl groups excluding tert-OH is 1. The fraction of sp³-hybridized carbons (Fsp3) is 1.00. The highest BCUT2D eigenvalue weighted by Crippen LogP contribution is 2.33. The van der Waals surface area contributed by atoms with Crippen molar-refractivity contribution in [2.24, 2.45) is 11.3 Å². The third-order valence-corrected chi connectivity index (χ3v) is 4.29. The lowest BCUT2D eigenvalue weighted by Gasteiger charge is -2.38. The van der Waals surface area contributed by atoms with E-state index in [-0.39, 0.29) is 5.41 Å². The second-order valence-corrected chi connectivity index (χ2v) is 5.83. The van der Waals surface area contributed by atoms with Crippen LogP contribution in [-0.2, 0) is 0 Å². The number of rotatable bonds is 8. The molecule has 96 valence electrons. The zero-order valence-electron chi connectivity index (χ0n) is 11.5. The topological polar surface area (TPSA) is 23.5 Å². The second-order valence-electron chi connectivity index (χ2n) is 5.83. The van der Waals surface area contributed by atoms with Gasteiger partial charge in [0.1, 0.15) is 0 Å². The Labute approximate surface area is 101 Å². The fourth-order valence-corrected chi connectivity index (χ4v) is 2.27. The minimum atomic E-state index is 0.124. The Bertz CT molecular complexity index is 187. The molecular formula is C14H29NO. The maximum absolute atomic E-state index is 9.63. The SMILES string of the molecule is CCC(CC)(CO)CN(CC1CC1)C(C)C. The van der Waals surface area contributed by atoms with Crippen molar-refractivity contribution in [3.8, 4) is 0 Å². The molecule has 1 rings (SSSR count). The smallest absolute Gasteiger partial charge is 0.0499 e. The van der Waals surface area contributed by atoms with Gasteiger partial charge in [0.15, 0.2) is 0 Å². The first-order valence-electron chi connectivity index (χ1n) is 6.91. The van der Waals surface area contributed by atoms with Crippen molar-refractivity contribution in [2.45, 2.75) is 59.4 Å². The molecule has 0 radical (unpaired) electrons. The van der Waals surface area contributed by atoms with E-state index in [1.807, 2.05) is 0 Å². The Morgan fingerprint density at radius 2 is 1.81 bits per heavy atom. The molecule has 2 nitrogen and oxygen atoms in total. The lowest BCUT2D eigenvalue weighted by molar-refractivity contribution is 0.0508. The molecule has 0 aromatic carbocycles. The van der Waals surface area contributed by atoms with Gasteiger partial charge in [-0.2, -0.15) is 0 Å². The molecule has 0 aromatic rings. The van der Waals surface area contributed by atoms with Crippen molar-refractivity contribution in [1.29, 1.82) is 0 Å². The molecule has 0 saturated heterocycles. The summed E-state index contributed by atoms with van der Waals surface area (Å²) in [7, 11) is 0. The molecule has 1 aliphatic carbocycles. The lowest BCUT2D eigenvalue weighted by atomic mass is 9.82. The number of hydrogen-bond acceptors (Lipinski definition) is 2. The Hall–Kier alpha value is -0.0800. The molecule has 2 heteroatoms. The first-order valence-corrected chi connectivity index (χ1v) is 6.91. The van der Waals surface area contributed by atoms with Crippen LogP contribution in [0.1, 0.15) is 53.4 Å². The standard InChI is InChI=1S/C14H29NO/c1-5-14(6-2,11-16)10-15(12(3)4)9-13-7-8-13/h12-13,16H,5-11H2,1-4H3. The minimum Gasteiger partial charge on any atom is -0.396 e. The first kappa shape index (κ1) is 14.0. The molecule has 0 spiro atoms. The van der Waals surface area contributed by atoms with E-state index in [1.165, 1.54) is 19.4 Å². The molecule has 0 unspecified atom stereocenters. The van der Waals surface area contributed by atoms with Gasteiger partial charge >= 0.3 is 0 Å². The van der Waals surface area contributed by atoms with Gasteiger partial charge < -0.3 is 10.0 Å². The number of hydrogen-bond donors (Lipinski definition) is 1. The monoisotopic (exact) mass is 227 g/mol. The number of nitrogens with zero attached hydrogens (tertiary/aromatic N) is 1. The van der Waals surface area contributed by atoms with Gasteiger partial charge in [0.05, 0.1) is 0 Å². The zero-order chi connectivity index (χ0) is 12.2. The van der Waals surface area contributed by atoms with Crippen LogP contribution in [0.15, 0.2) is 0 Å². The van der Waals surface area contributed by atoms with Crippen LogP contribution in [0.2, 0.25) is 0 Å². The van der Waals surface area contributed by atoms with Gasteiger partial charge in [0.2, 0.25) is 0 Å². The van der Waals surface area contributed by atoms with Gasteiger partial charge in [-0.1, -0.05) is 13.8 Å². The van der Waals surface area contributed by atoms with Gasteiger partial charge in [-0.05, 0) is 45.4 Å². The molecular weight excluding hydrogens is 198 g/mol. The molecule has 16 heavy (non-hydrogen) atoms. The van der Waals surface area contributed by atoms with E-state index in [4.69, 9.17) is 0 Å². The van der Waals surface area contributed by atoms with Crippen LogP contribution >= 0.6 is 0 Å². The normalized spacial score (nSPS) is 17.4. The molecule has 0 heterocycles. The average Bonchev–Trinajstić information content (AvgIpc) is 3.08. The molecule has 1 fully saturated rings. The van der Waals surface area contributed by atoms with Crippen molar-refractivity contribution >= 4 is 0 Å². The first-order chi connectivity index (χ1) is 7.56. The Morgan fingerprint density at radius 1 is 1.25 bits per heavy atom. The van der Waals surface area contributed by atoms with E-state index < -0.39 is 0 Å². The van der Waals surface area contributed by atoms with E-state index in [1.54, 1.807) is 0 Å². The van der Waals surface area contributed by atoms with Crippen LogP contribution in [0.4, 0.5) is 0 Å². The van der Waals surface area contributed by atoms with Crippen LogP contribution in [0.3, 0.4) is 0 Å². The molecule has 1 saturated carbocycles. The van der Waals surface area contributed by atoms with Crippen LogP contribution < -0.4 is 0 Å². The maximum Gasteiger partial charge on any atom is 0.0499 e. The van der Waals surface area contributed by atoms with Crippen LogP contribution in [0.25, 0.3) is 0 Å². The van der Waals surface area contributed by atoms with Crippen molar-refractivity contribution in [1.82, 2.24) is 4.90 Å². The zero-order valence-corrected chi connectivity index (χ0v) is 11.5. The molecule has 0 bridgehead atoms. The molecule has 1 aliphatic rings. The van der Waals surface area contributed by atoms with E-state index >= 15 is 0 Å². The van der Waals surface area contributed by atoms with Crippen LogP contribution in [0.5, 0.6) is 0 Å². The van der Waals surface area contributed by atoms with Crippen LogP contribution in [0, 0.1) is 11.3 Å². The van der Waals surface area contributed by atoms with Gasteiger partial charge in [-0.15, -0.1) is 0 Å². The summed E-state index contributed by atoms with van der Waals surface area (Å²) in [6, 6.07) is 0.602. The summed E-state index contributed by atoms with van der Waals surface area (Å²) in [5, 5.41) is 9.63. The quantitative estimate of drug-likeness (QED) is 0.689. The van der Waals surface area contributed by atoms with Crippen molar-refractivity contribution < 1.29 is 5.11 Å². The van der Waals surface area contributed by atoms with Crippen molar-refractivity contribution in [3.63, 3.8) is 0 Å². The summed E-state index contributed by atoms with van der Waals surface area (Å²) in [6.45, 7) is 11.6. The Kier molecular flexibility index (Phi) is 5.26. The number of aliphatic hydroxyl groups is 1. The highest BCUT2D eigenvalue weighted by Gasteiger charge is 2.32. The summed E-state index contributed by atoms with van der Waals surface area (Å²) in [6.07, 6.45) is 4.98. The van der Waals surface area contributed by atoms with Crippen LogP contribution in [-0.4, -0.2) is 35.7 Å². The molecule has 1 N–H and O–H groups in total. The van der Waals surface area contributed by atoms with E-state index in [0.29, 0.717) is 12.6 Å². The van der Waals surface area contributed by atoms with Gasteiger partial charge in [0, 0.05) is 31.2 Å². The summed E-state index contributed by atoms with van der Waals surface area (Å²) < 4.78 is 0. The maximum atomic E-state index is 9.63. The molecule has 0 aliphatic heterocycles.